The number of hydrogen-bond acceptors (Lipinski definition) is 4. The summed E-state index contributed by atoms with van der Waals surface area (Å²) in [5.41, 5.74) is 1.84. The fraction of sp³-hybridized carbons (Fsp3) is 0.176. The molecule has 0 aliphatic carbocycles. The number of rotatable bonds is 4. The van der Waals surface area contributed by atoms with Crippen molar-refractivity contribution in [1.29, 1.82) is 0 Å². The molecule has 5 nitrogen and oxygen atoms in total. The van der Waals surface area contributed by atoms with Crippen molar-refractivity contribution in [3.8, 4) is 11.4 Å². The molecule has 0 spiro atoms. The lowest BCUT2D eigenvalue weighted by Gasteiger charge is -2.27. The molecule has 2 aromatic carbocycles. The predicted octanol–water partition coefficient (Wildman–Crippen LogP) is -0.156. The van der Waals surface area contributed by atoms with Crippen LogP contribution in [0.4, 0.5) is 10.1 Å². The largest absolute Gasteiger partial charge is 1.00 e. The molecule has 0 unspecified atom stereocenters. The molecule has 0 amide bonds. The van der Waals surface area contributed by atoms with Gasteiger partial charge in [0.05, 0.1) is 14.1 Å². The maximum absolute atomic E-state index is 12.9. The van der Waals surface area contributed by atoms with E-state index in [-0.39, 0.29) is 22.8 Å². The summed E-state index contributed by atoms with van der Waals surface area (Å²) in [7, 11) is 4.15. The van der Waals surface area contributed by atoms with Crippen LogP contribution in [0.25, 0.3) is 11.4 Å². The topological polar surface area (TPSA) is 51.6 Å². The zero-order valence-electron chi connectivity index (χ0n) is 13.4. The molecule has 1 heterocycles. The molecular formula is C17H17BrFN5. The van der Waals surface area contributed by atoms with Gasteiger partial charge < -0.3 is 17.0 Å². The molecule has 124 valence electrons. The van der Waals surface area contributed by atoms with E-state index in [1.807, 2.05) is 18.2 Å². The third-order valence-corrected chi connectivity index (χ3v) is 3.61. The van der Waals surface area contributed by atoms with Crippen LogP contribution in [0.1, 0.15) is 5.82 Å². The molecule has 7 heteroatoms. The van der Waals surface area contributed by atoms with E-state index in [1.54, 1.807) is 12.1 Å². The zero-order valence-corrected chi connectivity index (χ0v) is 15.0. The molecule has 0 fully saturated rings. The third-order valence-electron chi connectivity index (χ3n) is 3.61. The van der Waals surface area contributed by atoms with Gasteiger partial charge >= 0.3 is 0 Å². The van der Waals surface area contributed by atoms with E-state index in [4.69, 9.17) is 0 Å². The highest BCUT2D eigenvalue weighted by atomic mass is 79.9. The number of nitrogens with zero attached hydrogens (tertiary/aromatic N) is 5. The molecule has 0 bridgehead atoms. The summed E-state index contributed by atoms with van der Waals surface area (Å²) in [6.07, 6.45) is 0. The summed E-state index contributed by atoms with van der Waals surface area (Å²) < 4.78 is 13.5. The van der Waals surface area contributed by atoms with Crippen LogP contribution in [0, 0.1) is 5.82 Å². The Balaban J connectivity index is 0.00000208. The molecule has 0 aliphatic heterocycles. The minimum Gasteiger partial charge on any atom is -1.00 e. The van der Waals surface area contributed by atoms with Gasteiger partial charge in [0.2, 0.25) is 11.6 Å². The lowest BCUT2D eigenvalue weighted by molar-refractivity contribution is -0.00000577. The van der Waals surface area contributed by atoms with E-state index in [0.29, 0.717) is 28.2 Å². The Kier molecular flexibility index (Phi) is 5.69. The Morgan fingerprint density at radius 1 is 0.833 bits per heavy atom. The van der Waals surface area contributed by atoms with Crippen molar-refractivity contribution in [2.75, 3.05) is 14.1 Å². The highest BCUT2D eigenvalue weighted by molar-refractivity contribution is 5.53. The smallest absolute Gasteiger partial charge is 0.227 e. The van der Waals surface area contributed by atoms with Crippen molar-refractivity contribution in [2.45, 2.75) is 6.54 Å². The molecular weight excluding hydrogens is 373 g/mol. The van der Waals surface area contributed by atoms with Gasteiger partial charge in [-0.15, -0.1) is 20.4 Å². The van der Waals surface area contributed by atoms with Gasteiger partial charge in [-0.3, -0.25) is 4.48 Å². The number of benzene rings is 2. The second-order valence-corrected chi connectivity index (χ2v) is 5.83. The summed E-state index contributed by atoms with van der Waals surface area (Å²) >= 11 is 0. The van der Waals surface area contributed by atoms with Crippen LogP contribution in [-0.2, 0) is 6.54 Å². The standard InChI is InChI=1S/C17H17FN5.BrH/c1-23(2,15-6-4-3-5-7-15)12-16-19-21-17(22-20-16)13-8-10-14(18)11-9-13;/h3-11H,12H2,1-2H3;1H/q+1;/p-1. The van der Waals surface area contributed by atoms with Gasteiger partial charge in [-0.25, -0.2) is 4.39 Å². The second kappa shape index (κ2) is 7.55. The molecule has 0 saturated carbocycles. The summed E-state index contributed by atoms with van der Waals surface area (Å²) in [6, 6.07) is 16.1. The van der Waals surface area contributed by atoms with Crippen molar-refractivity contribution in [3.05, 3.63) is 66.2 Å². The van der Waals surface area contributed by atoms with Crippen molar-refractivity contribution < 1.29 is 21.4 Å². The van der Waals surface area contributed by atoms with Crippen molar-refractivity contribution in [3.63, 3.8) is 0 Å². The molecule has 0 atom stereocenters. The first kappa shape index (κ1) is 18.1. The van der Waals surface area contributed by atoms with Gasteiger partial charge in [-0.2, -0.15) is 0 Å². The van der Waals surface area contributed by atoms with Gasteiger partial charge in [0.1, 0.15) is 18.0 Å². The summed E-state index contributed by atoms with van der Waals surface area (Å²) in [6.45, 7) is 0.577. The van der Waals surface area contributed by atoms with Gasteiger partial charge in [-0.05, 0) is 36.4 Å². The summed E-state index contributed by atoms with van der Waals surface area (Å²) in [5.74, 6) is 0.650. The van der Waals surface area contributed by atoms with E-state index in [0.717, 1.165) is 5.69 Å². The highest BCUT2D eigenvalue weighted by Crippen LogP contribution is 2.20. The number of para-hydroxylation sites is 1. The SMILES string of the molecule is C[N+](C)(Cc1nnc(-c2ccc(F)cc2)nn1)c1ccccc1.[Br-]. The maximum Gasteiger partial charge on any atom is 0.227 e. The van der Waals surface area contributed by atoms with E-state index >= 15 is 0 Å². The molecule has 3 aromatic rings. The zero-order chi connectivity index (χ0) is 16.3. The van der Waals surface area contributed by atoms with Crippen LogP contribution in [0.5, 0.6) is 0 Å². The first-order valence-electron chi connectivity index (χ1n) is 7.25. The van der Waals surface area contributed by atoms with E-state index in [2.05, 4.69) is 46.6 Å². The monoisotopic (exact) mass is 389 g/mol. The fourth-order valence-electron chi connectivity index (χ4n) is 2.30. The highest BCUT2D eigenvalue weighted by Gasteiger charge is 2.21. The Morgan fingerprint density at radius 3 is 2.00 bits per heavy atom. The Morgan fingerprint density at radius 2 is 1.42 bits per heavy atom. The molecule has 24 heavy (non-hydrogen) atoms. The van der Waals surface area contributed by atoms with Gasteiger partial charge in [0, 0.05) is 5.56 Å². The normalized spacial score (nSPS) is 11.0. The van der Waals surface area contributed by atoms with Gasteiger partial charge in [-0.1, -0.05) is 18.2 Å². The van der Waals surface area contributed by atoms with E-state index in [9.17, 15) is 4.39 Å². The Bertz CT molecular complexity index is 776. The van der Waals surface area contributed by atoms with E-state index < -0.39 is 0 Å². The van der Waals surface area contributed by atoms with E-state index in [1.165, 1.54) is 12.1 Å². The van der Waals surface area contributed by atoms with Crippen LogP contribution in [0.2, 0.25) is 0 Å². The summed E-state index contributed by atoms with van der Waals surface area (Å²) in [4.78, 5) is 0. The minimum absolute atomic E-state index is 0. The second-order valence-electron chi connectivity index (χ2n) is 5.83. The van der Waals surface area contributed by atoms with Crippen LogP contribution < -0.4 is 21.5 Å². The number of aromatic nitrogens is 4. The predicted molar refractivity (Wildman–Crippen MR) is 86.8 cm³/mol. The number of hydrogen-bond donors (Lipinski definition) is 0. The average molecular weight is 390 g/mol. The quantitative estimate of drug-likeness (QED) is 0.582. The average Bonchev–Trinajstić information content (AvgIpc) is 2.57. The maximum atomic E-state index is 12.9. The first-order valence-corrected chi connectivity index (χ1v) is 7.25. The van der Waals surface area contributed by atoms with Crippen LogP contribution in [0.15, 0.2) is 54.6 Å². The van der Waals surface area contributed by atoms with Gasteiger partial charge in [0.25, 0.3) is 0 Å². The minimum atomic E-state index is -0.298. The van der Waals surface area contributed by atoms with Crippen LogP contribution >= 0.6 is 0 Å². The Hall–Kier alpha value is -2.25. The van der Waals surface area contributed by atoms with Crippen LogP contribution in [-0.4, -0.2) is 34.5 Å². The fourth-order valence-corrected chi connectivity index (χ4v) is 2.30. The molecule has 0 saturated heterocycles. The molecule has 0 radical (unpaired) electrons. The number of halogens is 2. The summed E-state index contributed by atoms with van der Waals surface area (Å²) in [5, 5.41) is 16.5. The Labute approximate surface area is 150 Å². The first-order chi connectivity index (χ1) is 11.0. The molecule has 0 aliphatic rings. The molecule has 3 rings (SSSR count). The van der Waals surface area contributed by atoms with Crippen molar-refractivity contribution in [2.24, 2.45) is 0 Å². The van der Waals surface area contributed by atoms with Crippen molar-refractivity contribution >= 4 is 5.69 Å². The molecule has 0 N–H and O–H groups in total. The lowest BCUT2D eigenvalue weighted by Crippen LogP contribution is -3.00. The molecule has 1 aromatic heterocycles. The third kappa shape index (κ3) is 4.18. The number of quaternary nitrogens is 1. The van der Waals surface area contributed by atoms with Gasteiger partial charge in [0.15, 0.2) is 0 Å². The lowest BCUT2D eigenvalue weighted by atomic mass is 10.2. The van der Waals surface area contributed by atoms with Crippen LogP contribution in [0.3, 0.4) is 0 Å². The van der Waals surface area contributed by atoms with Crippen molar-refractivity contribution in [1.82, 2.24) is 24.9 Å².